The van der Waals surface area contributed by atoms with Crippen LogP contribution in [0.3, 0.4) is 0 Å². The number of imidazole rings is 2. The third-order valence-electron chi connectivity index (χ3n) is 7.49. The molecule has 4 aromatic heterocycles. The van der Waals surface area contributed by atoms with E-state index in [9.17, 15) is 17.9 Å². The third-order valence-corrected chi connectivity index (χ3v) is 9.76. The summed E-state index contributed by atoms with van der Waals surface area (Å²) in [5.41, 5.74) is 13.2. The van der Waals surface area contributed by atoms with Crippen molar-refractivity contribution in [2.24, 2.45) is 0 Å². The smallest absolute Gasteiger partial charge is 0.397 e. The molecule has 21 heteroatoms. The summed E-state index contributed by atoms with van der Waals surface area (Å²) in [5.74, 6) is -0.475. The SMILES string of the molecule is Nc1ccnc2c1ncn2[C@@H]1O[C@@H]2COP(=O)(O)O[C@H]3C[C@H](n4cnc5c(N)ncnc54)O[C@@H]3CCS(=O)(=O)O[C@H]2[C@H]1F. The number of halogens is 1. The van der Waals surface area contributed by atoms with E-state index in [1.165, 1.54) is 40.4 Å². The van der Waals surface area contributed by atoms with Crippen LogP contribution in [0.1, 0.15) is 25.3 Å². The summed E-state index contributed by atoms with van der Waals surface area (Å²) in [6, 6.07) is 1.51. The van der Waals surface area contributed by atoms with Crippen LogP contribution in [-0.2, 0) is 37.4 Å². The van der Waals surface area contributed by atoms with E-state index in [1.807, 2.05) is 0 Å². The first-order valence-corrected chi connectivity index (χ1v) is 16.1. The van der Waals surface area contributed by atoms with Crippen LogP contribution < -0.4 is 11.5 Å². The molecular weight excluding hydrogens is 616 g/mol. The molecule has 1 unspecified atom stereocenters. The van der Waals surface area contributed by atoms with Gasteiger partial charge < -0.3 is 25.8 Å². The molecule has 7 rings (SSSR count). The van der Waals surface area contributed by atoms with Crippen LogP contribution in [0.15, 0.2) is 31.2 Å². The normalized spacial score (nSPS) is 34.9. The zero-order chi connectivity index (χ0) is 30.1. The van der Waals surface area contributed by atoms with Gasteiger partial charge in [-0.2, -0.15) is 8.42 Å². The first kappa shape index (κ1) is 28.4. The molecule has 43 heavy (non-hydrogen) atoms. The number of nitrogens with zero attached hydrogens (tertiary/aromatic N) is 7. The molecule has 230 valence electrons. The highest BCUT2D eigenvalue weighted by atomic mass is 32.2. The summed E-state index contributed by atoms with van der Waals surface area (Å²) >= 11 is 0. The quantitative estimate of drug-likeness (QED) is 0.200. The lowest BCUT2D eigenvalue weighted by Gasteiger charge is -2.25. The number of nitrogen functional groups attached to an aromatic ring is 2. The molecule has 18 nitrogen and oxygen atoms in total. The van der Waals surface area contributed by atoms with Gasteiger partial charge in [0.25, 0.3) is 10.1 Å². The first-order valence-electron chi connectivity index (χ1n) is 13.0. The van der Waals surface area contributed by atoms with Gasteiger partial charge in [-0.25, -0.2) is 33.9 Å². The van der Waals surface area contributed by atoms with Gasteiger partial charge >= 0.3 is 7.82 Å². The predicted molar refractivity (Wildman–Crippen MR) is 143 cm³/mol. The van der Waals surface area contributed by atoms with E-state index in [1.54, 1.807) is 0 Å². The number of alkyl halides is 1. The summed E-state index contributed by atoms with van der Waals surface area (Å²) in [4.78, 5) is 31.1. The molecule has 0 bridgehead atoms. The Bertz CT molecular complexity index is 1860. The zero-order valence-corrected chi connectivity index (χ0v) is 23.7. The number of phosphoric acid groups is 1. The average Bonchev–Trinajstić information content (AvgIpc) is 3.72. The van der Waals surface area contributed by atoms with Crippen molar-refractivity contribution in [1.82, 2.24) is 34.1 Å². The minimum Gasteiger partial charge on any atom is -0.397 e. The van der Waals surface area contributed by atoms with Gasteiger partial charge in [0.2, 0.25) is 0 Å². The van der Waals surface area contributed by atoms with Crippen molar-refractivity contribution in [2.75, 3.05) is 23.8 Å². The molecule has 0 saturated carbocycles. The Kier molecular flexibility index (Phi) is 6.86. The molecule has 5 N–H and O–H groups in total. The standard InChI is InChI=1S/C22H25FN9O9PS/c23-15-18-13(39-22(15)32-9-29-16-10(24)1-3-26-20(16)32)6-37-42(33,34)40-12-5-14(38-11(12)2-4-43(35,36)41-18)31-8-30-17-19(25)27-7-28-21(17)31/h1,3,7-9,11-15,18,22H,2,4-6H2,(H2,24,26)(H,33,34)(H2,25,27,28)/t11-,12+,13-,14-,15-,18-,22-/m1/s1. The van der Waals surface area contributed by atoms with E-state index >= 15 is 4.39 Å². The minimum atomic E-state index is -4.80. The van der Waals surface area contributed by atoms with Gasteiger partial charge in [0.05, 0.1) is 36.8 Å². The maximum atomic E-state index is 15.9. The van der Waals surface area contributed by atoms with Crippen molar-refractivity contribution in [3.05, 3.63) is 31.2 Å². The van der Waals surface area contributed by atoms with Crippen LogP contribution in [0.5, 0.6) is 0 Å². The average molecular weight is 642 g/mol. The fourth-order valence-corrected chi connectivity index (χ4v) is 7.62. The molecule has 0 aromatic carbocycles. The Morgan fingerprint density at radius 3 is 2.60 bits per heavy atom. The van der Waals surface area contributed by atoms with Crippen molar-refractivity contribution in [1.29, 1.82) is 0 Å². The molecule has 0 radical (unpaired) electrons. The van der Waals surface area contributed by atoms with Crippen LogP contribution in [0.4, 0.5) is 15.9 Å². The molecule has 3 aliphatic heterocycles. The maximum Gasteiger partial charge on any atom is 0.472 e. The lowest BCUT2D eigenvalue weighted by Crippen LogP contribution is -2.38. The van der Waals surface area contributed by atoms with Crippen molar-refractivity contribution in [3.8, 4) is 0 Å². The number of hydrogen-bond donors (Lipinski definition) is 3. The first-order chi connectivity index (χ1) is 20.5. The highest BCUT2D eigenvalue weighted by Crippen LogP contribution is 2.50. The summed E-state index contributed by atoms with van der Waals surface area (Å²) in [7, 11) is -9.18. The molecule has 3 fully saturated rings. The molecule has 0 amide bonds. The van der Waals surface area contributed by atoms with Crippen LogP contribution in [0, 0.1) is 0 Å². The van der Waals surface area contributed by atoms with Gasteiger partial charge in [0.15, 0.2) is 29.5 Å². The van der Waals surface area contributed by atoms with Crippen LogP contribution in [0.2, 0.25) is 0 Å². The Morgan fingerprint density at radius 1 is 1.00 bits per heavy atom. The van der Waals surface area contributed by atoms with E-state index < -0.39 is 73.3 Å². The minimum absolute atomic E-state index is 0.00979. The monoisotopic (exact) mass is 641 g/mol. The highest BCUT2D eigenvalue weighted by molar-refractivity contribution is 7.86. The van der Waals surface area contributed by atoms with Gasteiger partial charge in [0.1, 0.15) is 41.9 Å². The second-order valence-electron chi connectivity index (χ2n) is 10.2. The van der Waals surface area contributed by atoms with Crippen molar-refractivity contribution in [3.63, 3.8) is 0 Å². The fourth-order valence-electron chi connectivity index (χ4n) is 5.47. The maximum absolute atomic E-state index is 15.9. The predicted octanol–water partition coefficient (Wildman–Crippen LogP) is 0.579. The molecule has 3 aliphatic rings. The summed E-state index contributed by atoms with van der Waals surface area (Å²) in [6.45, 7) is -0.739. The number of rotatable bonds is 2. The lowest BCUT2D eigenvalue weighted by molar-refractivity contribution is -0.0497. The topological polar surface area (TPSA) is 244 Å². The van der Waals surface area contributed by atoms with Crippen LogP contribution in [0.25, 0.3) is 22.3 Å². The van der Waals surface area contributed by atoms with Crippen LogP contribution in [-0.4, -0.2) is 90.3 Å². The number of nitrogens with two attached hydrogens (primary N) is 2. The zero-order valence-electron chi connectivity index (χ0n) is 22.0. The number of phosphoric ester groups is 1. The lowest BCUT2D eigenvalue weighted by atomic mass is 10.1. The number of fused-ring (bicyclic) bond motifs is 4. The Hall–Kier alpha value is -3.36. The largest absolute Gasteiger partial charge is 0.472 e. The fraction of sp³-hybridized carbons (Fsp3) is 0.500. The van der Waals surface area contributed by atoms with Gasteiger partial charge in [-0.3, -0.25) is 22.4 Å². The van der Waals surface area contributed by atoms with Gasteiger partial charge in [-0.15, -0.1) is 0 Å². The van der Waals surface area contributed by atoms with E-state index in [-0.39, 0.29) is 35.5 Å². The van der Waals surface area contributed by atoms with E-state index in [0.717, 1.165) is 0 Å². The summed E-state index contributed by atoms with van der Waals surface area (Å²) in [6.07, 6.45) is -4.50. The second kappa shape index (κ2) is 10.4. The van der Waals surface area contributed by atoms with Crippen LogP contribution >= 0.6 is 7.82 Å². The third kappa shape index (κ3) is 5.12. The molecule has 3 saturated heterocycles. The number of hydrogen-bond acceptors (Lipinski definition) is 15. The van der Waals surface area contributed by atoms with Gasteiger partial charge in [-0.1, -0.05) is 0 Å². The number of ether oxygens (including phenoxy) is 2. The molecule has 7 heterocycles. The Labute approximate surface area is 241 Å². The molecule has 8 atom stereocenters. The number of anilines is 2. The van der Waals surface area contributed by atoms with E-state index in [4.69, 9.17) is 34.2 Å². The number of aromatic nitrogens is 7. The molecular formula is C22H25FN9O9PS. The molecule has 0 spiro atoms. The van der Waals surface area contributed by atoms with Crippen molar-refractivity contribution < 1.29 is 45.0 Å². The van der Waals surface area contributed by atoms with E-state index in [2.05, 4.69) is 24.9 Å². The van der Waals surface area contributed by atoms with Gasteiger partial charge in [0, 0.05) is 12.6 Å². The highest BCUT2D eigenvalue weighted by Gasteiger charge is 2.51. The van der Waals surface area contributed by atoms with Gasteiger partial charge in [-0.05, 0) is 12.5 Å². The molecule has 0 aliphatic carbocycles. The Balaban J connectivity index is 1.15. The summed E-state index contributed by atoms with van der Waals surface area (Å²) < 4.78 is 85.6. The van der Waals surface area contributed by atoms with Crippen molar-refractivity contribution in [2.45, 2.75) is 55.9 Å². The Morgan fingerprint density at radius 2 is 1.77 bits per heavy atom. The summed E-state index contributed by atoms with van der Waals surface area (Å²) in [5, 5.41) is 0. The number of pyridine rings is 1. The van der Waals surface area contributed by atoms with E-state index in [0.29, 0.717) is 11.2 Å². The second-order valence-corrected chi connectivity index (χ2v) is 13.3. The van der Waals surface area contributed by atoms with Crippen molar-refractivity contribution >= 4 is 51.8 Å². The molecule has 4 aromatic rings.